The summed E-state index contributed by atoms with van der Waals surface area (Å²) in [5.74, 6) is -0.530. The largest absolute Gasteiger partial charge is 0.465 e. The predicted octanol–water partition coefficient (Wildman–Crippen LogP) is 3.08. The lowest BCUT2D eigenvalue weighted by atomic mass is 9.94. The van der Waals surface area contributed by atoms with Crippen LogP contribution in [0, 0.1) is 4.77 Å². The van der Waals surface area contributed by atoms with Crippen LogP contribution in [0.15, 0.2) is 41.3 Å². The number of hydrogen-bond donors (Lipinski definition) is 5. The van der Waals surface area contributed by atoms with Crippen LogP contribution in [0.2, 0.25) is 5.02 Å². The molecule has 212 valence electrons. The van der Waals surface area contributed by atoms with Crippen LogP contribution in [0.4, 0.5) is 0 Å². The van der Waals surface area contributed by atoms with Crippen molar-refractivity contribution in [3.05, 3.63) is 56.7 Å². The molecule has 0 aliphatic rings. The maximum Gasteiger partial charge on any atom is 0.459 e. The number of nitrogens with one attached hydrogen (secondary N) is 2. The second kappa shape index (κ2) is 14.3. The number of aromatic nitrogens is 2. The Bertz CT molecular complexity index is 1220. The molecular weight excluding hydrogens is 561 g/mol. The number of H-pyrrole nitrogens is 1. The molecule has 2 rings (SSSR count). The number of aliphatic hydroxyl groups is 3. The Kier molecular flexibility index (Phi) is 12.1. The van der Waals surface area contributed by atoms with Gasteiger partial charge >= 0.3 is 13.7 Å². The van der Waals surface area contributed by atoms with Gasteiger partial charge in [0.15, 0.2) is 11.0 Å². The topological polar surface area (TPSA) is 172 Å². The summed E-state index contributed by atoms with van der Waals surface area (Å²) in [5, 5.41) is 35.0. The van der Waals surface area contributed by atoms with Gasteiger partial charge in [-0.05, 0) is 56.8 Å². The summed E-state index contributed by atoms with van der Waals surface area (Å²) in [6.45, 7) is 4.31. The van der Waals surface area contributed by atoms with E-state index in [9.17, 15) is 29.5 Å². The Balaban J connectivity index is 2.12. The van der Waals surface area contributed by atoms with Crippen LogP contribution in [-0.2, 0) is 18.6 Å². The van der Waals surface area contributed by atoms with Crippen molar-refractivity contribution in [2.24, 2.45) is 0 Å². The molecule has 2 aromatic rings. The van der Waals surface area contributed by atoms with Crippen LogP contribution < -0.4 is 15.2 Å². The fraction of sp³-hybridized carbons (Fsp3) is 0.522. The van der Waals surface area contributed by atoms with Crippen molar-refractivity contribution in [1.29, 1.82) is 0 Å². The summed E-state index contributed by atoms with van der Waals surface area (Å²) in [5.41, 5.74) is -2.66. The minimum atomic E-state index is -4.22. The molecule has 0 aliphatic heterocycles. The molecular formula is C23H33ClN3O9PS. The average molecular weight is 594 g/mol. The van der Waals surface area contributed by atoms with Gasteiger partial charge in [0.05, 0.1) is 19.3 Å². The minimum Gasteiger partial charge on any atom is -0.465 e. The summed E-state index contributed by atoms with van der Waals surface area (Å²) in [6.07, 6.45) is -0.997. The summed E-state index contributed by atoms with van der Waals surface area (Å²) in [4.78, 5) is 26.0. The number of carbonyl (C=O) groups is 1. The number of esters is 1. The Morgan fingerprint density at radius 1 is 1.26 bits per heavy atom. The maximum absolute atomic E-state index is 13.5. The SMILES string of the molecule is CCCCOC(=O)[C@H](C)N[P@](=O)(OCC[C@H](O)[C@@](C)(O)[C@@H](O)n1ccc(=O)[nH]c1=S)Oc1ccc(Cl)cc1. The van der Waals surface area contributed by atoms with E-state index in [0.29, 0.717) is 11.4 Å². The van der Waals surface area contributed by atoms with Crippen molar-refractivity contribution in [3.63, 3.8) is 0 Å². The van der Waals surface area contributed by atoms with Gasteiger partial charge in [-0.1, -0.05) is 24.9 Å². The van der Waals surface area contributed by atoms with Crippen molar-refractivity contribution in [2.75, 3.05) is 13.2 Å². The van der Waals surface area contributed by atoms with Gasteiger partial charge in [-0.15, -0.1) is 0 Å². The Morgan fingerprint density at radius 3 is 2.53 bits per heavy atom. The Labute approximate surface area is 230 Å². The van der Waals surface area contributed by atoms with Crippen LogP contribution in [-0.4, -0.2) is 61.8 Å². The molecule has 5 N–H and O–H groups in total. The van der Waals surface area contributed by atoms with Gasteiger partial charge in [-0.3, -0.25) is 23.7 Å². The molecule has 12 nitrogen and oxygen atoms in total. The monoisotopic (exact) mass is 593 g/mol. The van der Waals surface area contributed by atoms with Crippen molar-refractivity contribution >= 4 is 37.5 Å². The molecule has 1 heterocycles. The third kappa shape index (κ3) is 9.28. The molecule has 1 aromatic carbocycles. The highest BCUT2D eigenvalue weighted by Crippen LogP contribution is 2.45. The molecule has 0 fully saturated rings. The number of benzene rings is 1. The van der Waals surface area contributed by atoms with Gasteiger partial charge in [0.1, 0.15) is 17.4 Å². The third-order valence-electron chi connectivity index (χ3n) is 5.45. The first-order valence-corrected chi connectivity index (χ1v) is 14.2. The molecule has 5 atom stereocenters. The van der Waals surface area contributed by atoms with E-state index >= 15 is 0 Å². The molecule has 38 heavy (non-hydrogen) atoms. The van der Waals surface area contributed by atoms with Gasteiger partial charge in [0.25, 0.3) is 5.56 Å². The van der Waals surface area contributed by atoms with Crippen molar-refractivity contribution in [2.45, 2.75) is 64.0 Å². The summed E-state index contributed by atoms with van der Waals surface area (Å²) >= 11 is 10.9. The molecule has 0 bridgehead atoms. The molecule has 0 radical (unpaired) electrons. The van der Waals surface area contributed by atoms with E-state index in [4.69, 9.17) is 37.6 Å². The van der Waals surface area contributed by atoms with Crippen molar-refractivity contribution in [1.82, 2.24) is 14.6 Å². The fourth-order valence-electron chi connectivity index (χ4n) is 3.11. The zero-order chi connectivity index (χ0) is 28.5. The number of halogens is 1. The van der Waals surface area contributed by atoms with Crippen LogP contribution >= 0.6 is 31.6 Å². The average Bonchev–Trinajstić information content (AvgIpc) is 2.85. The fourth-order valence-corrected chi connectivity index (χ4v) is 5.00. The number of hydrogen-bond acceptors (Lipinski definition) is 10. The molecule has 0 amide bonds. The number of unbranched alkanes of at least 4 members (excludes halogenated alkanes) is 1. The van der Waals surface area contributed by atoms with Gasteiger partial charge in [-0.2, -0.15) is 5.09 Å². The predicted molar refractivity (Wildman–Crippen MR) is 142 cm³/mol. The third-order valence-corrected chi connectivity index (χ3v) is 7.69. The summed E-state index contributed by atoms with van der Waals surface area (Å²) in [7, 11) is -4.22. The van der Waals surface area contributed by atoms with E-state index in [1.54, 1.807) is 0 Å². The molecule has 0 saturated heterocycles. The number of aromatic amines is 1. The Morgan fingerprint density at radius 2 is 1.92 bits per heavy atom. The van der Waals surface area contributed by atoms with E-state index < -0.39 is 49.9 Å². The number of nitrogens with zero attached hydrogens (tertiary/aromatic N) is 1. The highest BCUT2D eigenvalue weighted by atomic mass is 35.5. The molecule has 1 aromatic heterocycles. The second-order valence-corrected chi connectivity index (χ2v) is 11.2. The van der Waals surface area contributed by atoms with Gasteiger partial charge in [0.2, 0.25) is 0 Å². The summed E-state index contributed by atoms with van der Waals surface area (Å²) in [6, 6.07) is 5.95. The highest BCUT2D eigenvalue weighted by molar-refractivity contribution is 7.71. The van der Waals surface area contributed by atoms with Crippen LogP contribution in [0.5, 0.6) is 5.75 Å². The van der Waals surface area contributed by atoms with E-state index in [0.717, 1.165) is 24.0 Å². The lowest BCUT2D eigenvalue weighted by molar-refractivity contribution is -0.167. The lowest BCUT2D eigenvalue weighted by Crippen LogP contribution is -2.48. The standard InChI is InChI=1S/C23H33ClN3O9PS/c1-4-5-13-34-20(30)15(2)26-37(33,36-17-8-6-16(24)7-9-17)35-14-11-18(28)23(3,32)21(31)27-12-10-19(29)25-22(27)38/h6-10,12,15,18,21,28,31-32H,4-5,11,13-14H2,1-3H3,(H,26,33)(H,25,29,38)/t15-,18-,21+,23+,37-/m0/s1. The number of carbonyl (C=O) groups excluding carboxylic acids is 1. The van der Waals surface area contributed by atoms with Crippen LogP contribution in [0.25, 0.3) is 0 Å². The van der Waals surface area contributed by atoms with Crippen LogP contribution in [0.3, 0.4) is 0 Å². The molecule has 15 heteroatoms. The maximum atomic E-state index is 13.5. The van der Waals surface area contributed by atoms with Gasteiger partial charge < -0.3 is 24.6 Å². The lowest BCUT2D eigenvalue weighted by Gasteiger charge is -2.34. The number of rotatable bonds is 15. The second-order valence-electron chi connectivity index (χ2n) is 8.67. The van der Waals surface area contributed by atoms with E-state index in [2.05, 4.69) is 10.1 Å². The van der Waals surface area contributed by atoms with E-state index in [-0.39, 0.29) is 23.5 Å². The van der Waals surface area contributed by atoms with E-state index in [1.807, 2.05) is 6.92 Å². The van der Waals surface area contributed by atoms with E-state index in [1.165, 1.54) is 37.4 Å². The van der Waals surface area contributed by atoms with Gasteiger partial charge in [0, 0.05) is 23.7 Å². The molecule has 0 aliphatic carbocycles. The zero-order valence-corrected chi connectivity index (χ0v) is 23.7. The van der Waals surface area contributed by atoms with Gasteiger partial charge in [-0.25, -0.2) is 4.57 Å². The molecule has 0 saturated carbocycles. The Hall–Kier alpha value is -2.09. The molecule has 0 unspecified atom stereocenters. The molecule has 0 spiro atoms. The zero-order valence-electron chi connectivity index (χ0n) is 21.2. The smallest absolute Gasteiger partial charge is 0.459 e. The first kappa shape index (κ1) is 32.1. The summed E-state index contributed by atoms with van der Waals surface area (Å²) < 4.78 is 30.5. The van der Waals surface area contributed by atoms with Crippen molar-refractivity contribution < 1.29 is 38.5 Å². The normalized spacial score (nSPS) is 17.0. The quantitative estimate of drug-likeness (QED) is 0.0889. The first-order chi connectivity index (χ1) is 17.8. The number of ether oxygens (including phenoxy) is 1. The minimum absolute atomic E-state index is 0.132. The van der Waals surface area contributed by atoms with Crippen LogP contribution in [0.1, 0.15) is 46.3 Å². The number of aliphatic hydroxyl groups excluding tert-OH is 2. The first-order valence-electron chi connectivity index (χ1n) is 11.8. The highest BCUT2D eigenvalue weighted by Gasteiger charge is 2.40. The van der Waals surface area contributed by atoms with Crippen molar-refractivity contribution in [3.8, 4) is 5.75 Å².